The number of halogens is 1. The van der Waals surface area contributed by atoms with E-state index >= 15 is 0 Å². The number of aromatic nitrogens is 4. The number of anilines is 1. The molecule has 0 aliphatic carbocycles. The molecule has 0 fully saturated rings. The van der Waals surface area contributed by atoms with Crippen LogP contribution in [-0.2, 0) is 0 Å². The second-order valence-electron chi connectivity index (χ2n) is 4.32. The van der Waals surface area contributed by atoms with E-state index in [-0.39, 0.29) is 0 Å². The third-order valence-electron chi connectivity index (χ3n) is 3.04. The first-order valence-electron chi connectivity index (χ1n) is 6.18. The predicted molar refractivity (Wildman–Crippen MR) is 80.6 cm³/mol. The summed E-state index contributed by atoms with van der Waals surface area (Å²) in [5.74, 6) is 1.16. The molecule has 0 bridgehead atoms. The molecule has 0 radical (unpaired) electrons. The fraction of sp³-hybridized carbons (Fsp3) is 0.0714. The minimum Gasteiger partial charge on any atom is -0.494 e. The predicted octanol–water partition coefficient (Wildman–Crippen LogP) is 2.57. The highest BCUT2D eigenvalue weighted by Gasteiger charge is 2.16. The largest absolute Gasteiger partial charge is 0.494 e. The Labute approximate surface area is 126 Å². The minimum atomic E-state index is 0.500. The van der Waals surface area contributed by atoms with Gasteiger partial charge in [0.2, 0.25) is 0 Å². The summed E-state index contributed by atoms with van der Waals surface area (Å²) in [5, 5.41) is 12.4. The van der Waals surface area contributed by atoms with Crippen molar-refractivity contribution in [1.82, 2.24) is 20.2 Å². The molecule has 2 aromatic carbocycles. The van der Waals surface area contributed by atoms with E-state index in [4.69, 9.17) is 22.1 Å². The van der Waals surface area contributed by atoms with Gasteiger partial charge in [-0.2, -0.15) is 4.68 Å². The number of rotatable bonds is 3. The van der Waals surface area contributed by atoms with Gasteiger partial charge in [-0.15, -0.1) is 5.10 Å². The fourth-order valence-electron chi connectivity index (χ4n) is 2.04. The SMILES string of the molecule is COc1ccccc1-n1nnnc1-c1cc(Cl)ccc1N. The van der Waals surface area contributed by atoms with Crippen LogP contribution >= 0.6 is 11.6 Å². The molecule has 0 atom stereocenters. The van der Waals surface area contributed by atoms with Crippen LogP contribution < -0.4 is 10.5 Å². The number of para-hydroxylation sites is 2. The summed E-state index contributed by atoms with van der Waals surface area (Å²) in [4.78, 5) is 0. The summed E-state index contributed by atoms with van der Waals surface area (Å²) in [6.45, 7) is 0. The number of hydrogen-bond donors (Lipinski definition) is 1. The number of nitrogens with zero attached hydrogens (tertiary/aromatic N) is 4. The lowest BCUT2D eigenvalue weighted by atomic mass is 10.1. The maximum Gasteiger partial charge on any atom is 0.189 e. The summed E-state index contributed by atoms with van der Waals surface area (Å²) < 4.78 is 6.91. The van der Waals surface area contributed by atoms with Gasteiger partial charge in [0.15, 0.2) is 5.82 Å². The fourth-order valence-corrected chi connectivity index (χ4v) is 2.22. The van der Waals surface area contributed by atoms with Gasteiger partial charge in [-0.1, -0.05) is 23.7 Å². The molecule has 0 amide bonds. The number of nitrogen functional groups attached to an aromatic ring is 1. The molecule has 0 unspecified atom stereocenters. The van der Waals surface area contributed by atoms with E-state index in [1.165, 1.54) is 0 Å². The van der Waals surface area contributed by atoms with Crippen molar-refractivity contribution in [1.29, 1.82) is 0 Å². The molecular weight excluding hydrogens is 290 g/mol. The van der Waals surface area contributed by atoms with Gasteiger partial charge in [-0.3, -0.25) is 0 Å². The molecule has 1 heterocycles. The van der Waals surface area contributed by atoms with Crippen molar-refractivity contribution in [3.8, 4) is 22.8 Å². The Morgan fingerprint density at radius 1 is 1.19 bits per heavy atom. The molecule has 106 valence electrons. The molecule has 6 nitrogen and oxygen atoms in total. The zero-order valence-electron chi connectivity index (χ0n) is 11.2. The van der Waals surface area contributed by atoms with Crippen LogP contribution in [-0.4, -0.2) is 27.3 Å². The highest BCUT2D eigenvalue weighted by Crippen LogP contribution is 2.30. The number of hydrogen-bond acceptors (Lipinski definition) is 5. The van der Waals surface area contributed by atoms with Crippen LogP contribution in [0.15, 0.2) is 42.5 Å². The van der Waals surface area contributed by atoms with Crippen molar-refractivity contribution >= 4 is 17.3 Å². The lowest BCUT2D eigenvalue weighted by molar-refractivity contribution is 0.411. The highest BCUT2D eigenvalue weighted by molar-refractivity contribution is 6.31. The van der Waals surface area contributed by atoms with Gasteiger partial charge in [0.05, 0.1) is 7.11 Å². The van der Waals surface area contributed by atoms with E-state index in [0.717, 1.165) is 5.69 Å². The first kappa shape index (κ1) is 13.4. The third kappa shape index (κ3) is 2.41. The summed E-state index contributed by atoms with van der Waals surface area (Å²) in [7, 11) is 1.59. The van der Waals surface area contributed by atoms with Crippen molar-refractivity contribution in [2.75, 3.05) is 12.8 Å². The van der Waals surface area contributed by atoms with E-state index in [1.807, 2.05) is 24.3 Å². The number of tetrazole rings is 1. The number of benzene rings is 2. The average Bonchev–Trinajstić information content (AvgIpc) is 2.98. The maximum atomic E-state index is 6.03. The molecule has 0 saturated heterocycles. The van der Waals surface area contributed by atoms with E-state index in [2.05, 4.69) is 15.5 Å². The molecular formula is C14H12ClN5O. The molecule has 0 aliphatic rings. The first-order chi connectivity index (χ1) is 10.2. The Bertz CT molecular complexity index is 787. The molecule has 21 heavy (non-hydrogen) atoms. The van der Waals surface area contributed by atoms with E-state index in [1.54, 1.807) is 30.0 Å². The maximum absolute atomic E-state index is 6.03. The van der Waals surface area contributed by atoms with Crippen LogP contribution in [0.4, 0.5) is 5.69 Å². The van der Waals surface area contributed by atoms with Gasteiger partial charge in [-0.05, 0) is 40.8 Å². The molecule has 0 spiro atoms. The van der Waals surface area contributed by atoms with Crippen LogP contribution in [0.25, 0.3) is 17.1 Å². The van der Waals surface area contributed by atoms with Gasteiger partial charge in [0.1, 0.15) is 11.4 Å². The van der Waals surface area contributed by atoms with E-state index in [0.29, 0.717) is 27.8 Å². The Balaban J connectivity index is 2.20. The number of nitrogens with two attached hydrogens (primary N) is 1. The van der Waals surface area contributed by atoms with Gasteiger partial charge in [0.25, 0.3) is 0 Å². The molecule has 2 N–H and O–H groups in total. The van der Waals surface area contributed by atoms with Gasteiger partial charge < -0.3 is 10.5 Å². The standard InChI is InChI=1S/C14H12ClN5O/c1-21-13-5-3-2-4-12(13)20-14(17-18-19-20)10-8-9(15)6-7-11(10)16/h2-8H,16H2,1H3. The van der Waals surface area contributed by atoms with Crippen LogP contribution in [0, 0.1) is 0 Å². The van der Waals surface area contributed by atoms with Crippen LogP contribution in [0.1, 0.15) is 0 Å². The van der Waals surface area contributed by atoms with Crippen LogP contribution in [0.2, 0.25) is 5.02 Å². The summed E-state index contributed by atoms with van der Waals surface area (Å²) in [5.41, 5.74) is 7.93. The number of ether oxygens (including phenoxy) is 1. The minimum absolute atomic E-state index is 0.500. The van der Waals surface area contributed by atoms with Gasteiger partial charge >= 0.3 is 0 Å². The molecule has 1 aromatic heterocycles. The topological polar surface area (TPSA) is 78.8 Å². The number of methoxy groups -OCH3 is 1. The first-order valence-corrected chi connectivity index (χ1v) is 6.55. The molecule has 0 aliphatic heterocycles. The van der Waals surface area contributed by atoms with Crippen molar-refractivity contribution in [3.05, 3.63) is 47.5 Å². The summed E-state index contributed by atoms with van der Waals surface area (Å²) in [6.07, 6.45) is 0. The zero-order valence-corrected chi connectivity index (χ0v) is 11.9. The normalized spacial score (nSPS) is 10.6. The Hall–Kier alpha value is -2.60. The average molecular weight is 302 g/mol. The second-order valence-corrected chi connectivity index (χ2v) is 4.75. The molecule has 7 heteroatoms. The highest BCUT2D eigenvalue weighted by atomic mass is 35.5. The zero-order chi connectivity index (χ0) is 14.8. The van der Waals surface area contributed by atoms with E-state index < -0.39 is 0 Å². The summed E-state index contributed by atoms with van der Waals surface area (Å²) >= 11 is 6.03. The van der Waals surface area contributed by atoms with Crippen molar-refractivity contribution < 1.29 is 4.74 Å². The van der Waals surface area contributed by atoms with Crippen molar-refractivity contribution in [2.24, 2.45) is 0 Å². The molecule has 3 rings (SSSR count). The van der Waals surface area contributed by atoms with Crippen LogP contribution in [0.3, 0.4) is 0 Å². The lowest BCUT2D eigenvalue weighted by Crippen LogP contribution is -2.03. The second kappa shape index (κ2) is 5.41. The molecule has 3 aromatic rings. The van der Waals surface area contributed by atoms with Gasteiger partial charge in [-0.25, -0.2) is 0 Å². The lowest BCUT2D eigenvalue weighted by Gasteiger charge is -2.10. The quantitative estimate of drug-likeness (QED) is 0.752. The summed E-state index contributed by atoms with van der Waals surface area (Å²) in [6, 6.07) is 12.6. The smallest absolute Gasteiger partial charge is 0.189 e. The van der Waals surface area contributed by atoms with Gasteiger partial charge in [0, 0.05) is 16.3 Å². The Morgan fingerprint density at radius 2 is 2.00 bits per heavy atom. The van der Waals surface area contributed by atoms with E-state index in [9.17, 15) is 0 Å². The van der Waals surface area contributed by atoms with Crippen LogP contribution in [0.5, 0.6) is 5.75 Å². The Kier molecular flexibility index (Phi) is 3.45. The Morgan fingerprint density at radius 3 is 2.81 bits per heavy atom. The molecule has 0 saturated carbocycles. The van der Waals surface area contributed by atoms with Crippen molar-refractivity contribution in [3.63, 3.8) is 0 Å². The van der Waals surface area contributed by atoms with Crippen molar-refractivity contribution in [2.45, 2.75) is 0 Å². The third-order valence-corrected chi connectivity index (χ3v) is 3.27. The monoisotopic (exact) mass is 301 g/mol.